The molecule has 0 fully saturated rings. The average Bonchev–Trinajstić information content (AvgIpc) is 2.48. The molecule has 0 aromatic heterocycles. The summed E-state index contributed by atoms with van der Waals surface area (Å²) in [5, 5.41) is 0. The Balaban J connectivity index is 2.53. The minimum atomic E-state index is -0.387. The van der Waals surface area contributed by atoms with Gasteiger partial charge in [0.05, 0.1) is 0 Å². The molecule has 0 atom stereocenters. The minimum Gasteiger partial charge on any atom is -0.457 e. The predicted molar refractivity (Wildman–Crippen MR) is 40.4 cm³/mol. The molecule has 1 aliphatic heterocycles. The van der Waals surface area contributed by atoms with E-state index in [9.17, 15) is 4.79 Å². The van der Waals surface area contributed by atoms with Crippen molar-refractivity contribution in [2.75, 3.05) is 6.61 Å². The molecule has 0 aromatic carbocycles. The Morgan fingerprint density at radius 3 is 3.17 bits per heavy atom. The number of nitrogens with zero attached hydrogens (tertiary/aromatic N) is 2. The summed E-state index contributed by atoms with van der Waals surface area (Å²) in [6, 6.07) is 0. The van der Waals surface area contributed by atoms with E-state index in [2.05, 4.69) is 4.79 Å². The third-order valence-corrected chi connectivity index (χ3v) is 1.94. The molecular weight excluding hydrogens is 156 g/mol. The first-order chi connectivity index (χ1) is 5.83. The van der Waals surface area contributed by atoms with E-state index < -0.39 is 0 Å². The van der Waals surface area contributed by atoms with E-state index in [1.807, 2.05) is 6.08 Å². The molecule has 60 valence electrons. The van der Waals surface area contributed by atoms with Crippen LogP contribution in [0.25, 0.3) is 5.53 Å². The van der Waals surface area contributed by atoms with Gasteiger partial charge in [0, 0.05) is 6.08 Å². The number of ether oxygens (including phenoxy) is 1. The van der Waals surface area contributed by atoms with E-state index >= 15 is 0 Å². The van der Waals surface area contributed by atoms with Crippen LogP contribution in [0.5, 0.6) is 0 Å². The Morgan fingerprint density at radius 2 is 2.42 bits per heavy atom. The second kappa shape index (κ2) is 2.43. The first-order valence-corrected chi connectivity index (χ1v) is 3.61. The van der Waals surface area contributed by atoms with E-state index in [0.717, 1.165) is 5.57 Å². The van der Waals surface area contributed by atoms with E-state index in [1.165, 1.54) is 0 Å². The van der Waals surface area contributed by atoms with Crippen molar-refractivity contribution in [1.82, 2.24) is 0 Å². The van der Waals surface area contributed by atoms with Crippen molar-refractivity contribution < 1.29 is 14.3 Å². The van der Waals surface area contributed by atoms with Crippen molar-refractivity contribution >= 4 is 11.7 Å². The van der Waals surface area contributed by atoms with Gasteiger partial charge in [-0.1, -0.05) is 6.08 Å². The largest absolute Gasteiger partial charge is 0.457 e. The zero-order valence-electron chi connectivity index (χ0n) is 6.28. The molecule has 4 heteroatoms. The number of rotatable bonds is 0. The second-order valence-electron chi connectivity index (χ2n) is 2.65. The van der Waals surface area contributed by atoms with Crippen LogP contribution in [-0.2, 0) is 9.53 Å². The molecule has 0 N–H and O–H groups in total. The summed E-state index contributed by atoms with van der Waals surface area (Å²) in [6.07, 6.45) is 4.17. The lowest BCUT2D eigenvalue weighted by Crippen LogP contribution is -2.11. The van der Waals surface area contributed by atoms with Crippen molar-refractivity contribution in [3.05, 3.63) is 28.8 Å². The lowest BCUT2D eigenvalue weighted by Gasteiger charge is -1.98. The van der Waals surface area contributed by atoms with Crippen LogP contribution in [0, 0.1) is 0 Å². The summed E-state index contributed by atoms with van der Waals surface area (Å²) >= 11 is 0. The van der Waals surface area contributed by atoms with E-state index in [1.54, 1.807) is 6.08 Å². The Morgan fingerprint density at radius 1 is 1.58 bits per heavy atom. The summed E-state index contributed by atoms with van der Waals surface area (Å²) in [6.45, 7) is 0.331. The van der Waals surface area contributed by atoms with Crippen LogP contribution in [-0.4, -0.2) is 23.1 Å². The fourth-order valence-electron chi connectivity index (χ4n) is 1.37. The van der Waals surface area contributed by atoms with Gasteiger partial charge in [0.25, 0.3) is 0 Å². The highest BCUT2D eigenvalue weighted by molar-refractivity contribution is 6.24. The summed E-state index contributed by atoms with van der Waals surface area (Å²) < 4.78 is 4.79. The number of allylic oxidation sites excluding steroid dienone is 2. The highest BCUT2D eigenvalue weighted by Gasteiger charge is 2.33. The first kappa shape index (κ1) is 7.00. The maximum Gasteiger partial charge on any atom is 0.346 e. The fraction of sp³-hybridized carbons (Fsp3) is 0.250. The molecule has 0 saturated carbocycles. The molecule has 0 spiro atoms. The predicted octanol–water partition coefficient (Wildman–Crippen LogP) is 0.471. The number of carbonyl (C=O) groups is 1. The number of hydrogen-bond donors (Lipinski definition) is 0. The van der Waals surface area contributed by atoms with E-state index in [-0.39, 0.29) is 5.97 Å². The van der Waals surface area contributed by atoms with Crippen LogP contribution in [0.2, 0.25) is 0 Å². The molecule has 2 aliphatic rings. The molecule has 1 aliphatic carbocycles. The van der Waals surface area contributed by atoms with Crippen molar-refractivity contribution in [1.29, 1.82) is 0 Å². The van der Waals surface area contributed by atoms with Crippen LogP contribution in [0.3, 0.4) is 0 Å². The smallest absolute Gasteiger partial charge is 0.346 e. The van der Waals surface area contributed by atoms with Gasteiger partial charge >= 0.3 is 11.7 Å². The van der Waals surface area contributed by atoms with Gasteiger partial charge in [-0.25, -0.2) is 4.79 Å². The van der Waals surface area contributed by atoms with E-state index in [4.69, 9.17) is 10.3 Å². The Hall–Kier alpha value is -1.67. The molecule has 0 bridgehead atoms. The molecule has 0 aromatic rings. The van der Waals surface area contributed by atoms with Crippen LogP contribution in [0.15, 0.2) is 23.3 Å². The number of cyclic esters (lactones) is 1. The second-order valence-corrected chi connectivity index (χ2v) is 2.65. The highest BCUT2D eigenvalue weighted by atomic mass is 16.5. The Bertz CT molecular complexity index is 359. The van der Waals surface area contributed by atoms with Crippen LogP contribution in [0.4, 0.5) is 0 Å². The third-order valence-electron chi connectivity index (χ3n) is 1.94. The first-order valence-electron chi connectivity index (χ1n) is 3.61. The van der Waals surface area contributed by atoms with Crippen LogP contribution < -0.4 is 0 Å². The minimum absolute atomic E-state index is 0.304. The third kappa shape index (κ3) is 0.822. The molecule has 0 saturated heterocycles. The van der Waals surface area contributed by atoms with E-state index in [0.29, 0.717) is 24.3 Å². The molecule has 12 heavy (non-hydrogen) atoms. The van der Waals surface area contributed by atoms with Gasteiger partial charge < -0.3 is 10.3 Å². The summed E-state index contributed by atoms with van der Waals surface area (Å²) in [4.78, 5) is 14.1. The Labute approximate surface area is 68.8 Å². The van der Waals surface area contributed by atoms with Crippen molar-refractivity contribution in [3.63, 3.8) is 0 Å². The Kier molecular flexibility index (Phi) is 1.42. The standard InChI is InChI=1S/C8H6N2O2/c9-10-6-3-1-2-5-4-12-8(11)7(5)6/h1,3H,2,4H2. The lowest BCUT2D eigenvalue weighted by molar-refractivity contribution is -0.135. The van der Waals surface area contributed by atoms with Gasteiger partial charge in [-0.05, 0) is 12.0 Å². The number of hydrogen-bond acceptors (Lipinski definition) is 2. The van der Waals surface area contributed by atoms with Crippen molar-refractivity contribution in [2.45, 2.75) is 6.42 Å². The summed E-state index contributed by atoms with van der Waals surface area (Å²) in [5.74, 6) is -0.387. The monoisotopic (exact) mass is 162 g/mol. The summed E-state index contributed by atoms with van der Waals surface area (Å²) in [7, 11) is 0. The van der Waals surface area contributed by atoms with Crippen LogP contribution in [0.1, 0.15) is 6.42 Å². The molecule has 0 amide bonds. The zero-order valence-corrected chi connectivity index (χ0v) is 6.28. The quantitative estimate of drug-likeness (QED) is 0.295. The molecule has 4 nitrogen and oxygen atoms in total. The molecule has 0 unspecified atom stereocenters. The highest BCUT2D eigenvalue weighted by Crippen LogP contribution is 2.23. The summed E-state index contributed by atoms with van der Waals surface area (Å²) in [5.41, 5.74) is 10.2. The normalized spacial score (nSPS) is 20.7. The zero-order chi connectivity index (χ0) is 8.55. The molecular formula is C8H6N2O2. The van der Waals surface area contributed by atoms with Gasteiger partial charge in [-0.3, -0.25) is 0 Å². The van der Waals surface area contributed by atoms with Gasteiger partial charge in [0.1, 0.15) is 6.61 Å². The lowest BCUT2D eigenvalue weighted by atomic mass is 9.98. The average molecular weight is 162 g/mol. The van der Waals surface area contributed by atoms with Gasteiger partial charge in [-0.2, -0.15) is 4.79 Å². The van der Waals surface area contributed by atoms with Gasteiger partial charge in [0.2, 0.25) is 0 Å². The maximum atomic E-state index is 11.1. The van der Waals surface area contributed by atoms with Gasteiger partial charge in [0.15, 0.2) is 5.57 Å². The van der Waals surface area contributed by atoms with Gasteiger partial charge in [-0.15, -0.1) is 0 Å². The van der Waals surface area contributed by atoms with Crippen molar-refractivity contribution in [3.8, 4) is 0 Å². The van der Waals surface area contributed by atoms with Crippen LogP contribution >= 0.6 is 0 Å². The molecule has 1 heterocycles. The number of esters is 1. The topological polar surface area (TPSA) is 62.7 Å². The molecule has 2 rings (SSSR count). The molecule has 0 radical (unpaired) electrons. The van der Waals surface area contributed by atoms with Crippen molar-refractivity contribution in [2.24, 2.45) is 0 Å². The number of carbonyl (C=O) groups excluding carboxylic acids is 1. The maximum absolute atomic E-state index is 11.1. The SMILES string of the molecule is [N-]=[N+]=C1C=CCC2=C1C(=O)OC2. The fourth-order valence-corrected chi connectivity index (χ4v) is 1.37.